The number of rotatable bonds is 5. The van der Waals surface area contributed by atoms with Crippen LogP contribution >= 0.6 is 11.6 Å². The third-order valence-electron chi connectivity index (χ3n) is 3.36. The molecule has 0 spiro atoms. The van der Waals surface area contributed by atoms with Gasteiger partial charge in [-0.1, -0.05) is 24.9 Å². The lowest BCUT2D eigenvalue weighted by atomic mass is 10.1. The molecule has 2 aromatic rings. The molecule has 0 aliphatic carbocycles. The molecule has 0 fully saturated rings. The third-order valence-corrected chi connectivity index (χ3v) is 3.65. The second kappa shape index (κ2) is 6.18. The van der Waals surface area contributed by atoms with Gasteiger partial charge in [-0.3, -0.25) is 0 Å². The molecule has 0 unspecified atom stereocenters. The van der Waals surface area contributed by atoms with Crippen molar-refractivity contribution in [3.05, 3.63) is 29.0 Å². The van der Waals surface area contributed by atoms with Crippen LogP contribution in [-0.2, 0) is 6.54 Å². The first-order valence-corrected chi connectivity index (χ1v) is 7.12. The fourth-order valence-electron chi connectivity index (χ4n) is 2.21. The van der Waals surface area contributed by atoms with Gasteiger partial charge in [0.05, 0.1) is 12.1 Å². The highest BCUT2D eigenvalue weighted by molar-refractivity contribution is 6.32. The highest BCUT2D eigenvalue weighted by Crippen LogP contribution is 2.32. The number of methoxy groups -OCH3 is 1. The van der Waals surface area contributed by atoms with Gasteiger partial charge in [0.2, 0.25) is 0 Å². The lowest BCUT2D eigenvalue weighted by Crippen LogP contribution is -2.04. The van der Waals surface area contributed by atoms with Gasteiger partial charge in [0, 0.05) is 12.1 Å². The Balaban J connectivity index is 2.40. The Morgan fingerprint density at radius 1 is 1.40 bits per heavy atom. The molecule has 0 bridgehead atoms. The van der Waals surface area contributed by atoms with Crippen molar-refractivity contribution in [3.63, 3.8) is 0 Å². The SMILES string of the molecule is CCCCn1c(C)nc(-c2ccc(OC)c(Cl)c2)c1N. The van der Waals surface area contributed by atoms with Crippen molar-refractivity contribution in [3.8, 4) is 17.0 Å². The van der Waals surface area contributed by atoms with Crippen LogP contribution in [0.3, 0.4) is 0 Å². The summed E-state index contributed by atoms with van der Waals surface area (Å²) in [7, 11) is 1.60. The standard InChI is InChI=1S/C15H20ClN3O/c1-4-5-8-19-10(2)18-14(15(19)17)11-6-7-13(20-3)12(16)9-11/h6-7,9H,4-5,8,17H2,1-3H3. The lowest BCUT2D eigenvalue weighted by Gasteiger charge is -2.07. The summed E-state index contributed by atoms with van der Waals surface area (Å²) in [6.07, 6.45) is 2.21. The van der Waals surface area contributed by atoms with Crippen molar-refractivity contribution in [1.29, 1.82) is 0 Å². The number of nitrogen functional groups attached to an aromatic ring is 1. The van der Waals surface area contributed by atoms with E-state index in [1.165, 1.54) is 0 Å². The molecule has 20 heavy (non-hydrogen) atoms. The fraction of sp³-hybridized carbons (Fsp3) is 0.400. The Morgan fingerprint density at radius 2 is 2.15 bits per heavy atom. The number of nitrogens with zero attached hydrogens (tertiary/aromatic N) is 2. The quantitative estimate of drug-likeness (QED) is 0.909. The van der Waals surface area contributed by atoms with Crippen LogP contribution in [0.4, 0.5) is 5.82 Å². The molecular formula is C15H20ClN3O. The number of nitrogens with two attached hydrogens (primary N) is 1. The highest BCUT2D eigenvalue weighted by Gasteiger charge is 2.14. The number of aryl methyl sites for hydroxylation is 1. The molecule has 0 saturated heterocycles. The smallest absolute Gasteiger partial charge is 0.137 e. The van der Waals surface area contributed by atoms with Gasteiger partial charge in [-0.15, -0.1) is 0 Å². The second-order valence-electron chi connectivity index (χ2n) is 4.75. The first-order chi connectivity index (χ1) is 9.58. The summed E-state index contributed by atoms with van der Waals surface area (Å²) in [5.74, 6) is 2.27. The second-order valence-corrected chi connectivity index (χ2v) is 5.15. The van der Waals surface area contributed by atoms with Gasteiger partial charge in [-0.05, 0) is 31.5 Å². The molecule has 1 aromatic carbocycles. The number of benzene rings is 1. The van der Waals surface area contributed by atoms with Crippen molar-refractivity contribution < 1.29 is 4.74 Å². The summed E-state index contributed by atoms with van der Waals surface area (Å²) in [5.41, 5.74) is 7.91. The molecular weight excluding hydrogens is 274 g/mol. The van der Waals surface area contributed by atoms with E-state index < -0.39 is 0 Å². The molecule has 2 rings (SSSR count). The largest absolute Gasteiger partial charge is 0.495 e. The predicted octanol–water partition coefficient (Wildman–Crippen LogP) is 3.90. The number of unbranched alkanes of at least 4 members (excludes halogenated alkanes) is 1. The number of anilines is 1. The van der Waals surface area contributed by atoms with Crippen molar-refractivity contribution >= 4 is 17.4 Å². The van der Waals surface area contributed by atoms with Gasteiger partial charge in [0.25, 0.3) is 0 Å². The van der Waals surface area contributed by atoms with Crippen molar-refractivity contribution in [2.45, 2.75) is 33.2 Å². The van der Waals surface area contributed by atoms with Gasteiger partial charge in [0.1, 0.15) is 23.1 Å². The van der Waals surface area contributed by atoms with Crippen LogP contribution in [-0.4, -0.2) is 16.7 Å². The van der Waals surface area contributed by atoms with Crippen LogP contribution in [0, 0.1) is 6.92 Å². The van der Waals surface area contributed by atoms with E-state index in [2.05, 4.69) is 16.5 Å². The molecule has 1 aromatic heterocycles. The van der Waals surface area contributed by atoms with E-state index >= 15 is 0 Å². The molecule has 0 amide bonds. The summed E-state index contributed by atoms with van der Waals surface area (Å²) < 4.78 is 7.21. The Bertz CT molecular complexity index is 607. The van der Waals surface area contributed by atoms with Crippen LogP contribution in [0.1, 0.15) is 25.6 Å². The maximum Gasteiger partial charge on any atom is 0.137 e. The van der Waals surface area contributed by atoms with Crippen molar-refractivity contribution in [2.75, 3.05) is 12.8 Å². The van der Waals surface area contributed by atoms with E-state index in [-0.39, 0.29) is 0 Å². The molecule has 0 atom stereocenters. The molecule has 2 N–H and O–H groups in total. The van der Waals surface area contributed by atoms with E-state index in [0.717, 1.165) is 36.5 Å². The Kier molecular flexibility index (Phi) is 4.55. The molecule has 1 heterocycles. The van der Waals surface area contributed by atoms with Gasteiger partial charge in [-0.2, -0.15) is 0 Å². The monoisotopic (exact) mass is 293 g/mol. The van der Waals surface area contributed by atoms with Crippen LogP contribution in [0.25, 0.3) is 11.3 Å². The summed E-state index contributed by atoms with van der Waals surface area (Å²) in [4.78, 5) is 4.57. The molecule has 0 radical (unpaired) electrons. The van der Waals surface area contributed by atoms with E-state index in [1.807, 2.05) is 25.1 Å². The van der Waals surface area contributed by atoms with Crippen LogP contribution in [0.15, 0.2) is 18.2 Å². The summed E-state index contributed by atoms with van der Waals surface area (Å²) in [6.45, 7) is 5.03. The van der Waals surface area contributed by atoms with E-state index in [0.29, 0.717) is 16.6 Å². The molecule has 0 aliphatic rings. The Labute approximate surface area is 124 Å². The minimum Gasteiger partial charge on any atom is -0.495 e. The summed E-state index contributed by atoms with van der Waals surface area (Å²) >= 11 is 6.16. The Hall–Kier alpha value is -1.68. The topological polar surface area (TPSA) is 53.1 Å². The average Bonchev–Trinajstić information content (AvgIpc) is 2.72. The van der Waals surface area contributed by atoms with Crippen LogP contribution in [0.5, 0.6) is 5.75 Å². The third kappa shape index (κ3) is 2.75. The van der Waals surface area contributed by atoms with Gasteiger partial charge >= 0.3 is 0 Å². The summed E-state index contributed by atoms with van der Waals surface area (Å²) in [5, 5.41) is 0.560. The molecule has 4 nitrogen and oxygen atoms in total. The number of hydrogen-bond donors (Lipinski definition) is 1. The number of hydrogen-bond acceptors (Lipinski definition) is 3. The zero-order chi connectivity index (χ0) is 14.7. The van der Waals surface area contributed by atoms with E-state index in [1.54, 1.807) is 7.11 Å². The molecule has 108 valence electrons. The van der Waals surface area contributed by atoms with Crippen molar-refractivity contribution in [2.24, 2.45) is 0 Å². The van der Waals surface area contributed by atoms with E-state index in [4.69, 9.17) is 22.1 Å². The predicted molar refractivity (Wildman–Crippen MR) is 83.3 cm³/mol. The first kappa shape index (κ1) is 14.7. The van der Waals surface area contributed by atoms with Gasteiger partial charge in [-0.25, -0.2) is 4.98 Å². The zero-order valence-electron chi connectivity index (χ0n) is 12.1. The maximum absolute atomic E-state index is 6.22. The first-order valence-electron chi connectivity index (χ1n) is 6.75. The van der Waals surface area contributed by atoms with Crippen LogP contribution < -0.4 is 10.5 Å². The lowest BCUT2D eigenvalue weighted by molar-refractivity contribution is 0.415. The molecule has 0 saturated carbocycles. The number of aromatic nitrogens is 2. The zero-order valence-corrected chi connectivity index (χ0v) is 12.9. The average molecular weight is 294 g/mol. The van der Waals surface area contributed by atoms with Gasteiger partial charge in [0.15, 0.2) is 0 Å². The highest BCUT2D eigenvalue weighted by atomic mass is 35.5. The molecule has 0 aliphatic heterocycles. The minimum atomic E-state index is 0.560. The normalized spacial score (nSPS) is 10.8. The minimum absolute atomic E-state index is 0.560. The number of imidazole rings is 1. The number of halogens is 1. The van der Waals surface area contributed by atoms with E-state index in [9.17, 15) is 0 Å². The van der Waals surface area contributed by atoms with Gasteiger partial charge < -0.3 is 15.0 Å². The Morgan fingerprint density at radius 3 is 2.75 bits per heavy atom. The number of ether oxygens (including phenoxy) is 1. The molecule has 5 heteroatoms. The van der Waals surface area contributed by atoms with Crippen LogP contribution in [0.2, 0.25) is 5.02 Å². The summed E-state index contributed by atoms with van der Waals surface area (Å²) in [6, 6.07) is 5.59. The maximum atomic E-state index is 6.22. The fourth-order valence-corrected chi connectivity index (χ4v) is 2.46. The van der Waals surface area contributed by atoms with Crippen molar-refractivity contribution in [1.82, 2.24) is 9.55 Å².